The van der Waals surface area contributed by atoms with E-state index in [9.17, 15) is 9.18 Å². The average Bonchev–Trinajstić information content (AvgIpc) is 3.07. The van der Waals surface area contributed by atoms with Crippen molar-refractivity contribution in [2.24, 2.45) is 0 Å². The molecule has 0 spiro atoms. The van der Waals surface area contributed by atoms with Crippen LogP contribution in [0, 0.1) is 5.82 Å². The molecule has 4 nitrogen and oxygen atoms in total. The van der Waals surface area contributed by atoms with Gasteiger partial charge >= 0.3 is 5.97 Å². The summed E-state index contributed by atoms with van der Waals surface area (Å²) in [6.45, 7) is 0. The third-order valence-electron chi connectivity index (χ3n) is 2.89. The maximum Gasteiger partial charge on any atom is 0.352 e. The number of nitrogens with zero attached hydrogens (tertiary/aromatic N) is 1. The van der Waals surface area contributed by atoms with Gasteiger partial charge in [0.05, 0.1) is 16.3 Å². The molecule has 0 amide bonds. The van der Waals surface area contributed by atoms with Gasteiger partial charge in [0.15, 0.2) is 0 Å². The Balaban J connectivity index is 2.02. The lowest BCUT2D eigenvalue weighted by Crippen LogP contribution is -1.94. The van der Waals surface area contributed by atoms with Gasteiger partial charge < -0.3 is 10.1 Å². The molecule has 0 aliphatic carbocycles. The second-order valence-electron chi connectivity index (χ2n) is 4.24. The van der Waals surface area contributed by atoms with Crippen LogP contribution in [-0.2, 0) is 0 Å². The molecule has 0 atom stereocenters. The highest BCUT2D eigenvalue weighted by Gasteiger charge is 2.15. The van der Waals surface area contributed by atoms with E-state index in [-0.39, 0.29) is 16.3 Å². The summed E-state index contributed by atoms with van der Waals surface area (Å²) < 4.78 is 13.9. The number of carbonyl (C=O) groups is 1. The van der Waals surface area contributed by atoms with Gasteiger partial charge in [-0.2, -0.15) is 0 Å². The fourth-order valence-electron chi connectivity index (χ4n) is 1.89. The third kappa shape index (κ3) is 2.55. The number of hydrogen-bond acceptors (Lipinski definition) is 3. The molecule has 0 saturated heterocycles. The van der Waals surface area contributed by atoms with Gasteiger partial charge in [-0.15, -0.1) is 11.3 Å². The standard InChI is InChI=1S/C14H8ClFN2O2S/c15-8-2-1-3-9(16)12(8)13-18-11(6-21-13)7-4-10(14(19)20)17-5-7/h1-6,17H,(H,19,20). The highest BCUT2D eigenvalue weighted by Crippen LogP contribution is 2.35. The van der Waals surface area contributed by atoms with Crippen molar-refractivity contribution in [2.45, 2.75) is 0 Å². The van der Waals surface area contributed by atoms with Gasteiger partial charge in [0, 0.05) is 17.1 Å². The molecule has 0 radical (unpaired) electrons. The summed E-state index contributed by atoms with van der Waals surface area (Å²) in [7, 11) is 0. The summed E-state index contributed by atoms with van der Waals surface area (Å²) in [6, 6.07) is 5.92. The second-order valence-corrected chi connectivity index (χ2v) is 5.51. The fraction of sp³-hybridized carbons (Fsp3) is 0. The molecule has 0 bridgehead atoms. The first kappa shape index (κ1) is 13.8. The van der Waals surface area contributed by atoms with Gasteiger partial charge in [0.1, 0.15) is 16.5 Å². The predicted octanol–water partition coefficient (Wildman–Crippen LogP) is 4.30. The van der Waals surface area contributed by atoms with E-state index in [0.717, 1.165) is 0 Å². The minimum atomic E-state index is -1.05. The minimum absolute atomic E-state index is 0.0727. The molecule has 3 rings (SSSR count). The maximum absolute atomic E-state index is 13.9. The van der Waals surface area contributed by atoms with E-state index in [1.807, 2.05) is 0 Å². The normalized spacial score (nSPS) is 10.8. The van der Waals surface area contributed by atoms with Gasteiger partial charge in [0.25, 0.3) is 0 Å². The molecule has 3 aromatic rings. The number of aromatic amines is 1. The summed E-state index contributed by atoms with van der Waals surface area (Å²) in [6.07, 6.45) is 1.55. The largest absolute Gasteiger partial charge is 0.477 e. The monoisotopic (exact) mass is 322 g/mol. The predicted molar refractivity (Wildman–Crippen MR) is 79.3 cm³/mol. The van der Waals surface area contributed by atoms with Gasteiger partial charge in [-0.1, -0.05) is 17.7 Å². The quantitative estimate of drug-likeness (QED) is 0.755. The molecule has 2 N–H and O–H groups in total. The first-order valence-corrected chi connectivity index (χ1v) is 7.14. The number of nitrogens with one attached hydrogen (secondary N) is 1. The minimum Gasteiger partial charge on any atom is -0.477 e. The summed E-state index contributed by atoms with van der Waals surface area (Å²) in [5.74, 6) is -1.49. The zero-order chi connectivity index (χ0) is 15.0. The highest BCUT2D eigenvalue weighted by molar-refractivity contribution is 7.13. The van der Waals surface area contributed by atoms with E-state index >= 15 is 0 Å². The number of benzene rings is 1. The van der Waals surface area contributed by atoms with Gasteiger partial charge in [-0.05, 0) is 18.2 Å². The van der Waals surface area contributed by atoms with Crippen LogP contribution in [0.3, 0.4) is 0 Å². The van der Waals surface area contributed by atoms with Crippen molar-refractivity contribution in [3.63, 3.8) is 0 Å². The number of rotatable bonds is 3. The molecule has 1 aromatic carbocycles. The number of halogens is 2. The number of thiazole rings is 1. The Morgan fingerprint density at radius 1 is 1.43 bits per heavy atom. The molecule has 106 valence electrons. The zero-order valence-corrected chi connectivity index (χ0v) is 12.0. The summed E-state index contributed by atoms with van der Waals surface area (Å²) in [4.78, 5) is 17.8. The molecule has 0 aliphatic rings. The van der Waals surface area contributed by atoms with Crippen LogP contribution in [0.2, 0.25) is 5.02 Å². The number of hydrogen-bond donors (Lipinski definition) is 2. The molecule has 2 heterocycles. The van der Waals surface area contributed by atoms with Crippen molar-refractivity contribution in [3.05, 3.63) is 52.4 Å². The lowest BCUT2D eigenvalue weighted by Gasteiger charge is -2.01. The zero-order valence-electron chi connectivity index (χ0n) is 10.4. The van der Waals surface area contributed by atoms with Crippen molar-refractivity contribution in [3.8, 4) is 21.8 Å². The SMILES string of the molecule is O=C(O)c1cc(-c2csc(-c3c(F)cccc3Cl)n2)c[nH]1. The lowest BCUT2D eigenvalue weighted by atomic mass is 10.2. The first-order valence-electron chi connectivity index (χ1n) is 5.88. The van der Waals surface area contributed by atoms with E-state index in [0.29, 0.717) is 16.3 Å². The molecule has 0 saturated carbocycles. The Kier molecular flexibility index (Phi) is 3.48. The van der Waals surface area contributed by atoms with Crippen LogP contribution in [0.25, 0.3) is 21.8 Å². The molecule has 0 unspecified atom stereocenters. The van der Waals surface area contributed by atoms with Gasteiger partial charge in [-0.3, -0.25) is 0 Å². The van der Waals surface area contributed by atoms with Crippen LogP contribution in [0.15, 0.2) is 35.8 Å². The van der Waals surface area contributed by atoms with Gasteiger partial charge in [-0.25, -0.2) is 14.2 Å². The molecule has 21 heavy (non-hydrogen) atoms. The highest BCUT2D eigenvalue weighted by atomic mass is 35.5. The van der Waals surface area contributed by atoms with Crippen LogP contribution in [0.5, 0.6) is 0 Å². The molecule has 0 fully saturated rings. The number of carboxylic acids is 1. The van der Waals surface area contributed by atoms with Crippen LogP contribution in [-0.4, -0.2) is 21.0 Å². The van der Waals surface area contributed by atoms with Crippen LogP contribution in [0.4, 0.5) is 4.39 Å². The van der Waals surface area contributed by atoms with Crippen molar-refractivity contribution in [2.75, 3.05) is 0 Å². The number of H-pyrrole nitrogens is 1. The van der Waals surface area contributed by atoms with Crippen molar-refractivity contribution >= 4 is 28.9 Å². The average molecular weight is 323 g/mol. The number of aromatic carboxylic acids is 1. The summed E-state index contributed by atoms with van der Waals surface area (Å²) >= 11 is 7.25. The van der Waals surface area contributed by atoms with E-state index in [4.69, 9.17) is 16.7 Å². The van der Waals surface area contributed by atoms with Crippen molar-refractivity contribution in [1.29, 1.82) is 0 Å². The Morgan fingerprint density at radius 3 is 2.90 bits per heavy atom. The fourth-order valence-corrected chi connectivity index (χ4v) is 3.09. The van der Waals surface area contributed by atoms with E-state index in [2.05, 4.69) is 9.97 Å². The van der Waals surface area contributed by atoms with E-state index in [1.165, 1.54) is 29.5 Å². The molecular weight excluding hydrogens is 315 g/mol. The Labute approximate surface area is 127 Å². The smallest absolute Gasteiger partial charge is 0.352 e. The number of carboxylic acid groups (broad SMARTS) is 1. The number of aromatic nitrogens is 2. The Hall–Kier alpha value is -2.18. The van der Waals surface area contributed by atoms with E-state index in [1.54, 1.807) is 17.6 Å². The van der Waals surface area contributed by atoms with Crippen molar-refractivity contribution in [1.82, 2.24) is 9.97 Å². The topological polar surface area (TPSA) is 66.0 Å². The second kappa shape index (κ2) is 5.31. The van der Waals surface area contributed by atoms with E-state index < -0.39 is 11.8 Å². The molecular formula is C14H8ClFN2O2S. The molecule has 7 heteroatoms. The Morgan fingerprint density at radius 2 is 2.24 bits per heavy atom. The van der Waals surface area contributed by atoms with Crippen LogP contribution < -0.4 is 0 Å². The molecule has 0 aliphatic heterocycles. The lowest BCUT2D eigenvalue weighted by molar-refractivity contribution is 0.0691. The molecule has 2 aromatic heterocycles. The first-order chi connectivity index (χ1) is 10.1. The summed E-state index contributed by atoms with van der Waals surface area (Å²) in [5, 5.41) is 11.4. The maximum atomic E-state index is 13.9. The Bertz CT molecular complexity index is 808. The van der Waals surface area contributed by atoms with Crippen LogP contribution >= 0.6 is 22.9 Å². The van der Waals surface area contributed by atoms with Crippen LogP contribution in [0.1, 0.15) is 10.5 Å². The summed E-state index contributed by atoms with van der Waals surface area (Å²) in [5.41, 5.74) is 1.52. The van der Waals surface area contributed by atoms with Crippen molar-refractivity contribution < 1.29 is 14.3 Å². The third-order valence-corrected chi connectivity index (χ3v) is 4.06. The van der Waals surface area contributed by atoms with Gasteiger partial charge in [0.2, 0.25) is 0 Å².